The summed E-state index contributed by atoms with van der Waals surface area (Å²) in [4.78, 5) is 21.7. The second-order valence-corrected chi connectivity index (χ2v) is 9.08. The number of fused-ring (bicyclic) bond motifs is 1. The van der Waals surface area contributed by atoms with Gasteiger partial charge in [-0.05, 0) is 38.0 Å². The third kappa shape index (κ3) is 4.77. The Morgan fingerprint density at radius 2 is 1.91 bits per heavy atom. The summed E-state index contributed by atoms with van der Waals surface area (Å²) in [5.74, 6) is 0.777. The summed E-state index contributed by atoms with van der Waals surface area (Å²) in [5.41, 5.74) is 4.41. The number of benzene rings is 1. The minimum Gasteiger partial charge on any atom is -0.370 e. The van der Waals surface area contributed by atoms with Crippen LogP contribution in [-0.2, 0) is 29.0 Å². The van der Waals surface area contributed by atoms with Crippen LogP contribution in [0.5, 0.6) is 0 Å². The Balaban J connectivity index is 1.46. The quantitative estimate of drug-likeness (QED) is 0.780. The molecule has 0 bridgehead atoms. The van der Waals surface area contributed by atoms with Crippen molar-refractivity contribution in [2.45, 2.75) is 45.8 Å². The number of rotatable bonds is 5. The van der Waals surface area contributed by atoms with E-state index in [1.807, 2.05) is 30.3 Å². The predicted octanol–water partition coefficient (Wildman–Crippen LogP) is 3.13. The van der Waals surface area contributed by atoms with Crippen LogP contribution < -0.4 is 10.2 Å². The summed E-state index contributed by atoms with van der Waals surface area (Å²) in [6.45, 7) is 10.1. The molecule has 7 heteroatoms. The molecule has 0 saturated carbocycles. The molecule has 2 aliphatic rings. The number of aromatic nitrogens is 1. The highest BCUT2D eigenvalue weighted by Crippen LogP contribution is 2.35. The van der Waals surface area contributed by atoms with E-state index >= 15 is 0 Å². The van der Waals surface area contributed by atoms with Crippen molar-refractivity contribution in [2.24, 2.45) is 0 Å². The van der Waals surface area contributed by atoms with E-state index in [2.05, 4.69) is 42.0 Å². The molecule has 2 aromatic rings. The molecule has 1 fully saturated rings. The van der Waals surface area contributed by atoms with Crippen LogP contribution in [0, 0.1) is 11.3 Å². The lowest BCUT2D eigenvalue weighted by atomic mass is 9.87. The summed E-state index contributed by atoms with van der Waals surface area (Å²) in [5, 5.41) is 13.0. The number of nitriles is 1. The lowest BCUT2D eigenvalue weighted by Gasteiger charge is -2.38. The number of amides is 1. The number of nitrogens with zero attached hydrogens (tertiary/aromatic N) is 4. The van der Waals surface area contributed by atoms with Gasteiger partial charge in [-0.15, -0.1) is 0 Å². The fourth-order valence-electron chi connectivity index (χ4n) is 4.50. The van der Waals surface area contributed by atoms with Crippen molar-refractivity contribution < 1.29 is 9.53 Å². The molecule has 0 radical (unpaired) electrons. The Morgan fingerprint density at radius 1 is 1.19 bits per heavy atom. The third-order valence-corrected chi connectivity index (χ3v) is 6.23. The zero-order valence-electron chi connectivity index (χ0n) is 19.1. The van der Waals surface area contributed by atoms with Gasteiger partial charge in [0.15, 0.2) is 0 Å². The van der Waals surface area contributed by atoms with E-state index in [9.17, 15) is 10.1 Å². The summed E-state index contributed by atoms with van der Waals surface area (Å²) in [6, 6.07) is 12.0. The first-order valence-electron chi connectivity index (χ1n) is 11.3. The molecule has 1 N–H and O–H groups in total. The van der Waals surface area contributed by atoms with E-state index in [4.69, 9.17) is 9.72 Å². The number of para-hydroxylation sites is 1. The lowest BCUT2D eigenvalue weighted by Crippen LogP contribution is -2.49. The monoisotopic (exact) mass is 433 g/mol. The molecule has 32 heavy (non-hydrogen) atoms. The molecule has 1 aromatic carbocycles. The number of nitrogens with one attached hydrogen (secondary N) is 1. The number of ether oxygens (including phenoxy) is 1. The van der Waals surface area contributed by atoms with Gasteiger partial charge in [-0.25, -0.2) is 4.98 Å². The molecular weight excluding hydrogens is 402 g/mol. The van der Waals surface area contributed by atoms with Crippen molar-refractivity contribution in [1.29, 1.82) is 5.26 Å². The molecule has 7 nitrogen and oxygen atoms in total. The van der Waals surface area contributed by atoms with Crippen LogP contribution in [0.25, 0.3) is 0 Å². The predicted molar refractivity (Wildman–Crippen MR) is 125 cm³/mol. The lowest BCUT2D eigenvalue weighted by molar-refractivity contribution is -0.117. The number of piperazine rings is 1. The molecule has 3 heterocycles. The van der Waals surface area contributed by atoms with Gasteiger partial charge < -0.3 is 15.0 Å². The Bertz CT molecular complexity index is 1020. The number of hydrogen-bond acceptors (Lipinski definition) is 6. The molecule has 1 amide bonds. The first-order valence-corrected chi connectivity index (χ1v) is 11.3. The van der Waals surface area contributed by atoms with Crippen molar-refractivity contribution in [1.82, 2.24) is 9.88 Å². The summed E-state index contributed by atoms with van der Waals surface area (Å²) >= 11 is 0. The van der Waals surface area contributed by atoms with Crippen LogP contribution in [0.2, 0.25) is 0 Å². The topological polar surface area (TPSA) is 81.5 Å². The third-order valence-electron chi connectivity index (χ3n) is 6.23. The Hall–Kier alpha value is -2.95. The van der Waals surface area contributed by atoms with Crippen LogP contribution in [0.4, 0.5) is 11.5 Å². The van der Waals surface area contributed by atoms with Crippen molar-refractivity contribution in [3.63, 3.8) is 0 Å². The zero-order valence-corrected chi connectivity index (χ0v) is 19.1. The highest BCUT2D eigenvalue weighted by Gasteiger charge is 2.33. The van der Waals surface area contributed by atoms with Gasteiger partial charge in [0.1, 0.15) is 11.9 Å². The van der Waals surface area contributed by atoms with E-state index in [-0.39, 0.29) is 11.5 Å². The second kappa shape index (κ2) is 9.27. The van der Waals surface area contributed by atoms with Gasteiger partial charge in [-0.3, -0.25) is 9.69 Å². The molecule has 0 spiro atoms. The minimum atomic E-state index is -0.285. The summed E-state index contributed by atoms with van der Waals surface area (Å²) in [6.07, 6.45) is 1.53. The maximum absolute atomic E-state index is 12.4. The van der Waals surface area contributed by atoms with Crippen LogP contribution in [0.3, 0.4) is 0 Å². The Kier molecular flexibility index (Phi) is 6.45. The molecule has 0 atom stereocenters. The molecule has 1 aromatic heterocycles. The largest absolute Gasteiger partial charge is 0.370 e. The van der Waals surface area contributed by atoms with Gasteiger partial charge in [0.2, 0.25) is 5.91 Å². The Labute approximate surface area is 190 Å². The number of carbonyl (C=O) groups excluding carboxylic acids is 1. The molecule has 168 valence electrons. The fraction of sp³-hybridized carbons (Fsp3) is 0.480. The number of aryl methyl sites for hydroxylation is 1. The first-order chi connectivity index (χ1) is 15.4. The van der Waals surface area contributed by atoms with Gasteiger partial charge in [0.05, 0.1) is 24.3 Å². The van der Waals surface area contributed by atoms with E-state index in [1.165, 1.54) is 0 Å². The highest BCUT2D eigenvalue weighted by molar-refractivity contribution is 5.92. The summed E-state index contributed by atoms with van der Waals surface area (Å²) in [7, 11) is 0. The van der Waals surface area contributed by atoms with Crippen LogP contribution in [0.1, 0.15) is 43.2 Å². The van der Waals surface area contributed by atoms with Gasteiger partial charge >= 0.3 is 0 Å². The van der Waals surface area contributed by atoms with Crippen LogP contribution in [0.15, 0.2) is 30.3 Å². The maximum atomic E-state index is 12.4. The van der Waals surface area contributed by atoms with Crippen molar-refractivity contribution in [3.8, 4) is 6.07 Å². The van der Waals surface area contributed by atoms with Crippen molar-refractivity contribution in [3.05, 3.63) is 52.7 Å². The molecule has 0 unspecified atom stereocenters. The van der Waals surface area contributed by atoms with E-state index in [0.29, 0.717) is 25.1 Å². The smallest absolute Gasteiger partial charge is 0.238 e. The average molecular weight is 434 g/mol. The van der Waals surface area contributed by atoms with Gasteiger partial charge in [-0.1, -0.05) is 25.1 Å². The number of anilines is 2. The highest BCUT2D eigenvalue weighted by atomic mass is 16.5. The summed E-state index contributed by atoms with van der Waals surface area (Å²) < 4.78 is 6.01. The van der Waals surface area contributed by atoms with Gasteiger partial charge in [0.25, 0.3) is 0 Å². The van der Waals surface area contributed by atoms with Gasteiger partial charge in [-0.2, -0.15) is 5.26 Å². The number of carbonyl (C=O) groups is 1. The number of hydrogen-bond donors (Lipinski definition) is 1. The molecule has 4 rings (SSSR count). The standard InChI is InChI=1S/C25H31N5O2/c1-4-22-21-17-32-25(2,3)14-19(21)20(15-26)24(28-22)30-12-10-29(11-13-30)16-23(31)27-18-8-6-5-7-9-18/h5-9H,4,10-14,16-17H2,1-3H3,(H,27,31). The second-order valence-electron chi connectivity index (χ2n) is 9.08. The fourth-order valence-corrected chi connectivity index (χ4v) is 4.50. The molecule has 0 aliphatic carbocycles. The normalized spacial score (nSPS) is 18.0. The molecule has 2 aliphatic heterocycles. The first kappa shape index (κ1) is 22.3. The Morgan fingerprint density at radius 3 is 2.56 bits per heavy atom. The van der Waals surface area contributed by atoms with Crippen molar-refractivity contribution >= 4 is 17.4 Å². The van der Waals surface area contributed by atoms with Gasteiger partial charge in [0, 0.05) is 49.5 Å². The van der Waals surface area contributed by atoms with Crippen LogP contribution >= 0.6 is 0 Å². The van der Waals surface area contributed by atoms with E-state index in [0.717, 1.165) is 60.9 Å². The maximum Gasteiger partial charge on any atom is 0.238 e. The number of pyridine rings is 1. The van der Waals surface area contributed by atoms with E-state index in [1.54, 1.807) is 0 Å². The average Bonchev–Trinajstić information content (AvgIpc) is 2.78. The van der Waals surface area contributed by atoms with Crippen molar-refractivity contribution in [2.75, 3.05) is 42.9 Å². The molecule has 1 saturated heterocycles. The zero-order chi connectivity index (χ0) is 22.7. The van der Waals surface area contributed by atoms with Crippen LogP contribution in [-0.4, -0.2) is 54.1 Å². The minimum absolute atomic E-state index is 0.00947. The van der Waals surface area contributed by atoms with E-state index < -0.39 is 0 Å². The SMILES string of the molecule is CCc1nc(N2CCN(CC(=O)Nc3ccccc3)CC2)c(C#N)c2c1COC(C)(C)C2. The molecular formula is C25H31N5O2.